The van der Waals surface area contributed by atoms with Gasteiger partial charge in [0.05, 0.1) is 6.42 Å². The van der Waals surface area contributed by atoms with Crippen LogP contribution in [0.1, 0.15) is 11.1 Å². The first-order valence-corrected chi connectivity index (χ1v) is 10.1. The van der Waals surface area contributed by atoms with Gasteiger partial charge >= 0.3 is 5.97 Å². The Hall–Kier alpha value is -3.30. The highest BCUT2D eigenvalue weighted by Crippen LogP contribution is 2.02. The lowest BCUT2D eigenvalue weighted by Crippen LogP contribution is -2.36. The SMILES string of the molecule is O=C(COC(=O)CNS(=O)(=O)/C=C/c1ccccc1)NC(=O)Cc1ccccc1. The quantitative estimate of drug-likeness (QED) is 0.589. The number of esters is 1. The van der Waals surface area contributed by atoms with Crippen LogP contribution >= 0.6 is 0 Å². The predicted molar refractivity (Wildman–Crippen MR) is 107 cm³/mol. The molecule has 0 saturated heterocycles. The van der Waals surface area contributed by atoms with Crippen molar-refractivity contribution in [1.82, 2.24) is 10.0 Å². The maximum Gasteiger partial charge on any atom is 0.321 e. The maximum atomic E-state index is 11.8. The van der Waals surface area contributed by atoms with Gasteiger partial charge in [-0.1, -0.05) is 60.7 Å². The van der Waals surface area contributed by atoms with Crippen LogP contribution in [0.4, 0.5) is 0 Å². The Morgan fingerprint density at radius 3 is 2.17 bits per heavy atom. The molecule has 0 atom stereocenters. The smallest absolute Gasteiger partial charge is 0.321 e. The summed E-state index contributed by atoms with van der Waals surface area (Å²) in [5, 5.41) is 3.01. The van der Waals surface area contributed by atoms with Gasteiger partial charge in [-0.3, -0.25) is 19.7 Å². The molecular formula is C20H20N2O6S. The molecule has 0 aliphatic rings. The summed E-state index contributed by atoms with van der Waals surface area (Å²) >= 11 is 0. The van der Waals surface area contributed by atoms with Gasteiger partial charge in [0.25, 0.3) is 5.91 Å². The van der Waals surface area contributed by atoms with E-state index in [4.69, 9.17) is 0 Å². The van der Waals surface area contributed by atoms with Crippen LogP contribution in [-0.2, 0) is 35.6 Å². The van der Waals surface area contributed by atoms with E-state index in [1.54, 1.807) is 60.7 Å². The fourth-order valence-corrected chi connectivity index (χ4v) is 2.91. The molecule has 0 unspecified atom stereocenters. The Kier molecular flexibility index (Phi) is 8.26. The first-order valence-electron chi connectivity index (χ1n) is 8.59. The van der Waals surface area contributed by atoms with Crippen LogP contribution in [0.25, 0.3) is 6.08 Å². The first-order chi connectivity index (χ1) is 13.8. The van der Waals surface area contributed by atoms with E-state index in [9.17, 15) is 22.8 Å². The Balaban J connectivity index is 1.70. The number of hydrogen-bond donors (Lipinski definition) is 2. The molecule has 2 aromatic rings. The zero-order valence-electron chi connectivity index (χ0n) is 15.4. The van der Waals surface area contributed by atoms with Crippen LogP contribution in [0.3, 0.4) is 0 Å². The second kappa shape index (κ2) is 10.9. The summed E-state index contributed by atoms with van der Waals surface area (Å²) in [5.41, 5.74) is 1.41. The van der Waals surface area contributed by atoms with Gasteiger partial charge in [-0.05, 0) is 17.2 Å². The molecule has 9 heteroatoms. The van der Waals surface area contributed by atoms with E-state index < -0.39 is 41.0 Å². The number of amides is 2. The molecule has 2 aromatic carbocycles. The van der Waals surface area contributed by atoms with Crippen molar-refractivity contribution in [2.24, 2.45) is 0 Å². The maximum absolute atomic E-state index is 11.8. The molecule has 8 nitrogen and oxygen atoms in total. The van der Waals surface area contributed by atoms with Crippen molar-refractivity contribution < 1.29 is 27.5 Å². The number of sulfonamides is 1. The summed E-state index contributed by atoms with van der Waals surface area (Å²) in [6.07, 6.45) is 1.38. The molecule has 2 N–H and O–H groups in total. The van der Waals surface area contributed by atoms with Crippen molar-refractivity contribution in [3.05, 3.63) is 77.2 Å². The number of carbonyl (C=O) groups is 3. The molecule has 0 aliphatic carbocycles. The zero-order chi connectivity index (χ0) is 21.1. The summed E-state index contributed by atoms with van der Waals surface area (Å²) in [6.45, 7) is -1.34. The van der Waals surface area contributed by atoms with E-state index in [1.807, 2.05) is 4.72 Å². The van der Waals surface area contributed by atoms with Crippen LogP contribution < -0.4 is 10.0 Å². The van der Waals surface area contributed by atoms with Gasteiger partial charge in [-0.2, -0.15) is 0 Å². The van der Waals surface area contributed by atoms with Crippen LogP contribution in [-0.4, -0.2) is 39.4 Å². The van der Waals surface area contributed by atoms with Crippen molar-refractivity contribution >= 4 is 33.9 Å². The van der Waals surface area contributed by atoms with Gasteiger partial charge in [-0.25, -0.2) is 13.1 Å². The molecule has 0 spiro atoms. The molecule has 152 valence electrons. The average Bonchev–Trinajstić information content (AvgIpc) is 2.71. The number of carbonyl (C=O) groups excluding carboxylic acids is 3. The minimum absolute atomic E-state index is 0.00801. The number of benzene rings is 2. The van der Waals surface area contributed by atoms with Crippen LogP contribution in [0.5, 0.6) is 0 Å². The summed E-state index contributed by atoms with van der Waals surface area (Å²) in [6, 6.07) is 17.6. The van der Waals surface area contributed by atoms with E-state index in [1.165, 1.54) is 6.08 Å². The molecule has 0 radical (unpaired) electrons. The Labute approximate surface area is 168 Å². The molecule has 29 heavy (non-hydrogen) atoms. The summed E-state index contributed by atoms with van der Waals surface area (Å²) in [7, 11) is -3.85. The topological polar surface area (TPSA) is 119 Å². The van der Waals surface area contributed by atoms with Gasteiger partial charge in [0.15, 0.2) is 6.61 Å². The van der Waals surface area contributed by atoms with Crippen molar-refractivity contribution in [1.29, 1.82) is 0 Å². The van der Waals surface area contributed by atoms with E-state index in [-0.39, 0.29) is 6.42 Å². The Morgan fingerprint density at radius 1 is 0.897 bits per heavy atom. The lowest BCUT2D eigenvalue weighted by Gasteiger charge is -2.06. The third-order valence-electron chi connectivity index (χ3n) is 3.51. The molecule has 0 aromatic heterocycles. The molecule has 2 amide bonds. The molecule has 0 heterocycles. The lowest BCUT2D eigenvalue weighted by molar-refractivity contribution is -0.148. The van der Waals surface area contributed by atoms with E-state index >= 15 is 0 Å². The number of rotatable bonds is 9. The first kappa shape index (κ1) is 22.0. The number of imide groups is 1. The summed E-state index contributed by atoms with van der Waals surface area (Å²) in [4.78, 5) is 35.0. The van der Waals surface area contributed by atoms with Crippen LogP contribution in [0.15, 0.2) is 66.1 Å². The van der Waals surface area contributed by atoms with Crippen LogP contribution in [0, 0.1) is 0 Å². The highest BCUT2D eigenvalue weighted by molar-refractivity contribution is 7.92. The minimum atomic E-state index is -3.85. The monoisotopic (exact) mass is 416 g/mol. The van der Waals surface area contributed by atoms with E-state index in [0.29, 0.717) is 5.56 Å². The van der Waals surface area contributed by atoms with Crippen molar-refractivity contribution in [2.75, 3.05) is 13.2 Å². The Morgan fingerprint density at radius 2 is 1.52 bits per heavy atom. The van der Waals surface area contributed by atoms with Crippen molar-refractivity contribution in [3.8, 4) is 0 Å². The van der Waals surface area contributed by atoms with Crippen LogP contribution in [0.2, 0.25) is 0 Å². The lowest BCUT2D eigenvalue weighted by atomic mass is 10.1. The van der Waals surface area contributed by atoms with Gasteiger partial charge < -0.3 is 4.74 Å². The summed E-state index contributed by atoms with van der Waals surface area (Å²) in [5.74, 6) is -2.29. The normalized spacial score (nSPS) is 11.2. The van der Waals surface area contributed by atoms with Gasteiger partial charge in [0.1, 0.15) is 6.54 Å². The van der Waals surface area contributed by atoms with Gasteiger partial charge in [0, 0.05) is 5.41 Å². The minimum Gasteiger partial charge on any atom is -0.455 e. The van der Waals surface area contributed by atoms with Gasteiger partial charge in [0.2, 0.25) is 15.9 Å². The number of hydrogen-bond acceptors (Lipinski definition) is 6. The van der Waals surface area contributed by atoms with E-state index in [2.05, 4.69) is 10.1 Å². The van der Waals surface area contributed by atoms with Gasteiger partial charge in [-0.15, -0.1) is 0 Å². The largest absolute Gasteiger partial charge is 0.455 e. The zero-order valence-corrected chi connectivity index (χ0v) is 16.2. The van der Waals surface area contributed by atoms with E-state index in [0.717, 1.165) is 11.0 Å². The van der Waals surface area contributed by atoms with Crippen molar-refractivity contribution in [3.63, 3.8) is 0 Å². The fourth-order valence-electron chi connectivity index (χ4n) is 2.15. The molecule has 0 bridgehead atoms. The molecular weight excluding hydrogens is 396 g/mol. The third-order valence-corrected chi connectivity index (χ3v) is 4.55. The molecule has 2 rings (SSSR count). The van der Waals surface area contributed by atoms with Crippen molar-refractivity contribution in [2.45, 2.75) is 6.42 Å². The number of nitrogens with one attached hydrogen (secondary N) is 2. The predicted octanol–water partition coefficient (Wildman–Crippen LogP) is 1.01. The second-order valence-corrected chi connectivity index (χ2v) is 7.52. The fraction of sp³-hybridized carbons (Fsp3) is 0.150. The summed E-state index contributed by atoms with van der Waals surface area (Å²) < 4.78 is 30.4. The average molecular weight is 416 g/mol. The highest BCUT2D eigenvalue weighted by Gasteiger charge is 2.13. The molecule has 0 saturated carbocycles. The standard InChI is InChI=1S/C20H20N2O6S/c23-18(13-17-9-5-2-6-10-17)22-19(24)15-28-20(25)14-21-29(26,27)12-11-16-7-3-1-4-8-16/h1-12,21H,13-15H2,(H,22,23,24)/b12-11+. The molecule has 0 fully saturated rings. The Bertz CT molecular complexity index is 973. The number of ether oxygens (including phenoxy) is 1. The second-order valence-electron chi connectivity index (χ2n) is 5.87. The third kappa shape index (κ3) is 8.96. The highest BCUT2D eigenvalue weighted by atomic mass is 32.2. The molecule has 0 aliphatic heterocycles.